The van der Waals surface area contributed by atoms with Crippen LogP contribution in [0.2, 0.25) is 0 Å². The quantitative estimate of drug-likeness (QED) is 0.261. The predicted octanol–water partition coefficient (Wildman–Crippen LogP) is -0.214. The second kappa shape index (κ2) is 10.4. The van der Waals surface area contributed by atoms with Crippen LogP contribution in [0.3, 0.4) is 0 Å². The minimum Gasteiger partial charge on any atom is -0.357 e. The van der Waals surface area contributed by atoms with Crippen LogP contribution in [0.15, 0.2) is 4.99 Å². The van der Waals surface area contributed by atoms with Gasteiger partial charge in [0, 0.05) is 25.2 Å². The van der Waals surface area contributed by atoms with Gasteiger partial charge in [-0.15, -0.1) is 0 Å². The van der Waals surface area contributed by atoms with E-state index in [1.165, 1.54) is 0 Å². The smallest absolute Gasteiger partial charge is 0.242 e. The SMILES string of the molecule is CCNC(=NCC(=O)NC(C)(C)C)NCCCNS(=O)(=O)CC. The highest BCUT2D eigenvalue weighted by atomic mass is 32.2. The molecule has 0 fully saturated rings. The summed E-state index contributed by atoms with van der Waals surface area (Å²) in [6.07, 6.45) is 0.623. The van der Waals surface area contributed by atoms with E-state index in [-0.39, 0.29) is 23.7 Å². The summed E-state index contributed by atoms with van der Waals surface area (Å²) >= 11 is 0. The monoisotopic (exact) mass is 349 g/mol. The molecule has 0 rings (SSSR count). The summed E-state index contributed by atoms with van der Waals surface area (Å²) in [5.74, 6) is 0.466. The molecular formula is C14H31N5O3S. The highest BCUT2D eigenvalue weighted by Gasteiger charge is 2.13. The lowest BCUT2D eigenvalue weighted by molar-refractivity contribution is -0.121. The lowest BCUT2D eigenvalue weighted by Gasteiger charge is -2.20. The summed E-state index contributed by atoms with van der Waals surface area (Å²) in [6.45, 7) is 10.9. The molecule has 0 aromatic carbocycles. The summed E-state index contributed by atoms with van der Waals surface area (Å²) in [7, 11) is -3.15. The molecule has 0 saturated heterocycles. The molecule has 0 aromatic rings. The first-order chi connectivity index (χ1) is 10.6. The van der Waals surface area contributed by atoms with E-state index in [9.17, 15) is 13.2 Å². The molecule has 0 spiro atoms. The fraction of sp³-hybridized carbons (Fsp3) is 0.857. The molecule has 23 heavy (non-hydrogen) atoms. The van der Waals surface area contributed by atoms with Gasteiger partial charge >= 0.3 is 0 Å². The van der Waals surface area contributed by atoms with Crippen molar-refractivity contribution >= 4 is 21.9 Å². The number of sulfonamides is 1. The molecule has 4 N–H and O–H groups in total. The number of guanidine groups is 1. The minimum absolute atomic E-state index is 0.0368. The van der Waals surface area contributed by atoms with Crippen LogP contribution >= 0.6 is 0 Å². The molecule has 0 unspecified atom stereocenters. The standard InChI is InChI=1S/C14H31N5O3S/c1-6-15-13(17-11-12(20)19-14(3,4)5)16-9-8-10-18-23(21,22)7-2/h18H,6-11H2,1-5H3,(H,19,20)(H2,15,16,17). The third-order valence-corrected chi connectivity index (χ3v) is 3.99. The lowest BCUT2D eigenvalue weighted by atomic mass is 10.1. The van der Waals surface area contributed by atoms with Crippen molar-refractivity contribution in [2.45, 2.75) is 46.6 Å². The first-order valence-electron chi connectivity index (χ1n) is 7.90. The highest BCUT2D eigenvalue weighted by molar-refractivity contribution is 7.89. The maximum atomic E-state index is 11.7. The van der Waals surface area contributed by atoms with Crippen molar-refractivity contribution in [1.29, 1.82) is 0 Å². The number of hydrogen-bond acceptors (Lipinski definition) is 4. The Morgan fingerprint density at radius 3 is 2.26 bits per heavy atom. The number of amides is 1. The fourth-order valence-corrected chi connectivity index (χ4v) is 2.23. The second-order valence-corrected chi connectivity index (χ2v) is 8.17. The summed E-state index contributed by atoms with van der Waals surface area (Å²) < 4.78 is 25.1. The van der Waals surface area contributed by atoms with Gasteiger partial charge in [-0.3, -0.25) is 4.79 Å². The van der Waals surface area contributed by atoms with Crippen molar-refractivity contribution < 1.29 is 13.2 Å². The van der Waals surface area contributed by atoms with E-state index >= 15 is 0 Å². The Labute approximate surface area is 140 Å². The van der Waals surface area contributed by atoms with Crippen molar-refractivity contribution in [3.8, 4) is 0 Å². The molecule has 9 heteroatoms. The predicted molar refractivity (Wildman–Crippen MR) is 94.0 cm³/mol. The van der Waals surface area contributed by atoms with Crippen LogP contribution in [0.1, 0.15) is 41.0 Å². The number of nitrogens with one attached hydrogen (secondary N) is 4. The van der Waals surface area contributed by atoms with E-state index in [4.69, 9.17) is 0 Å². The molecule has 136 valence electrons. The van der Waals surface area contributed by atoms with Crippen molar-refractivity contribution in [2.24, 2.45) is 4.99 Å². The van der Waals surface area contributed by atoms with Crippen LogP contribution in [0.4, 0.5) is 0 Å². The number of carbonyl (C=O) groups excluding carboxylic acids is 1. The Bertz CT molecular complexity index is 483. The van der Waals surface area contributed by atoms with Crippen LogP contribution in [0, 0.1) is 0 Å². The van der Waals surface area contributed by atoms with Crippen molar-refractivity contribution in [3.05, 3.63) is 0 Å². The van der Waals surface area contributed by atoms with Crippen LogP contribution in [-0.4, -0.2) is 57.8 Å². The van der Waals surface area contributed by atoms with Crippen molar-refractivity contribution in [3.63, 3.8) is 0 Å². The second-order valence-electron chi connectivity index (χ2n) is 6.07. The normalized spacial score (nSPS) is 12.8. The van der Waals surface area contributed by atoms with Gasteiger partial charge < -0.3 is 16.0 Å². The number of nitrogens with zero attached hydrogens (tertiary/aromatic N) is 1. The molecule has 0 heterocycles. The molecule has 0 aliphatic carbocycles. The lowest BCUT2D eigenvalue weighted by Crippen LogP contribution is -2.43. The molecular weight excluding hydrogens is 318 g/mol. The number of carbonyl (C=O) groups is 1. The van der Waals surface area contributed by atoms with Crippen LogP contribution in [-0.2, 0) is 14.8 Å². The number of hydrogen-bond donors (Lipinski definition) is 4. The Morgan fingerprint density at radius 1 is 1.09 bits per heavy atom. The Hall–Kier alpha value is -1.35. The largest absolute Gasteiger partial charge is 0.357 e. The topological polar surface area (TPSA) is 112 Å². The van der Waals surface area contributed by atoms with E-state index in [0.29, 0.717) is 32.0 Å². The van der Waals surface area contributed by atoms with Crippen molar-refractivity contribution in [1.82, 2.24) is 20.7 Å². The Kier molecular flexibility index (Phi) is 9.82. The third-order valence-electron chi connectivity index (χ3n) is 2.59. The molecule has 0 bridgehead atoms. The molecule has 0 aliphatic rings. The molecule has 1 amide bonds. The van der Waals surface area contributed by atoms with Gasteiger partial charge in [-0.25, -0.2) is 18.1 Å². The van der Waals surface area contributed by atoms with Crippen molar-refractivity contribution in [2.75, 3.05) is 31.9 Å². The van der Waals surface area contributed by atoms with E-state index in [2.05, 4.69) is 25.7 Å². The minimum atomic E-state index is -3.15. The van der Waals surface area contributed by atoms with Crippen LogP contribution in [0.25, 0.3) is 0 Å². The van der Waals surface area contributed by atoms with Crippen LogP contribution < -0.4 is 20.7 Å². The summed E-state index contributed by atoms with van der Waals surface area (Å²) in [5.41, 5.74) is -0.283. The van der Waals surface area contributed by atoms with Gasteiger partial charge in [0.25, 0.3) is 0 Å². The fourth-order valence-electron chi connectivity index (χ4n) is 1.58. The third kappa shape index (κ3) is 12.8. The summed E-state index contributed by atoms with van der Waals surface area (Å²) in [5, 5.41) is 8.94. The molecule has 0 radical (unpaired) electrons. The zero-order chi connectivity index (χ0) is 17.9. The number of aliphatic imine (C=N–C) groups is 1. The average Bonchev–Trinajstić information content (AvgIpc) is 2.42. The molecule has 8 nitrogen and oxygen atoms in total. The van der Waals surface area contributed by atoms with E-state index in [1.54, 1.807) is 6.92 Å². The van der Waals surface area contributed by atoms with Gasteiger partial charge in [0.2, 0.25) is 15.9 Å². The van der Waals surface area contributed by atoms with Gasteiger partial charge in [0.15, 0.2) is 5.96 Å². The van der Waals surface area contributed by atoms with Gasteiger partial charge in [-0.05, 0) is 41.0 Å². The number of rotatable bonds is 9. The summed E-state index contributed by atoms with van der Waals surface area (Å²) in [4.78, 5) is 15.9. The molecule has 0 aliphatic heterocycles. The maximum absolute atomic E-state index is 11.7. The summed E-state index contributed by atoms with van der Waals surface area (Å²) in [6, 6.07) is 0. The Balaban J connectivity index is 4.20. The van der Waals surface area contributed by atoms with Gasteiger partial charge in [-0.1, -0.05) is 0 Å². The van der Waals surface area contributed by atoms with E-state index < -0.39 is 10.0 Å². The first kappa shape index (κ1) is 21.6. The van der Waals surface area contributed by atoms with E-state index in [0.717, 1.165) is 0 Å². The van der Waals surface area contributed by atoms with Crippen LogP contribution in [0.5, 0.6) is 0 Å². The maximum Gasteiger partial charge on any atom is 0.242 e. The van der Waals surface area contributed by atoms with E-state index in [1.807, 2.05) is 27.7 Å². The highest BCUT2D eigenvalue weighted by Crippen LogP contribution is 1.97. The zero-order valence-electron chi connectivity index (χ0n) is 14.8. The molecule has 0 saturated carbocycles. The van der Waals surface area contributed by atoms with Gasteiger partial charge in [0.05, 0.1) is 5.75 Å². The zero-order valence-corrected chi connectivity index (χ0v) is 15.6. The Morgan fingerprint density at radius 2 is 1.74 bits per heavy atom. The molecule has 0 aromatic heterocycles. The van der Waals surface area contributed by atoms with Gasteiger partial charge in [-0.2, -0.15) is 0 Å². The molecule has 0 atom stereocenters. The van der Waals surface area contributed by atoms with Gasteiger partial charge in [0.1, 0.15) is 6.54 Å². The average molecular weight is 350 g/mol. The first-order valence-corrected chi connectivity index (χ1v) is 9.55.